The monoisotopic (exact) mass is 431 g/mol. The smallest absolute Gasteiger partial charge is 0.322 e. The van der Waals surface area contributed by atoms with Crippen LogP contribution in [0.25, 0.3) is 5.69 Å². The maximum absolute atomic E-state index is 13.0. The fourth-order valence-corrected chi connectivity index (χ4v) is 2.80. The summed E-state index contributed by atoms with van der Waals surface area (Å²) in [5.41, 5.74) is -0.785. The second-order valence-corrected chi connectivity index (χ2v) is 7.51. The van der Waals surface area contributed by atoms with E-state index in [1.54, 1.807) is 19.1 Å². The molecule has 5 N–H and O–H groups in total. The molecule has 2 amide bonds. The van der Waals surface area contributed by atoms with E-state index in [0.29, 0.717) is 0 Å². The number of nitrogens with zero attached hydrogens (tertiary/aromatic N) is 1. The van der Waals surface area contributed by atoms with Gasteiger partial charge in [0.15, 0.2) is 5.75 Å². The highest BCUT2D eigenvalue weighted by molar-refractivity contribution is 6.05. The van der Waals surface area contributed by atoms with Gasteiger partial charge in [-0.05, 0) is 43.0 Å². The topological polar surface area (TPSA) is 158 Å². The van der Waals surface area contributed by atoms with Gasteiger partial charge in [-0.3, -0.25) is 19.2 Å². The van der Waals surface area contributed by atoms with Crippen molar-refractivity contribution in [2.45, 2.75) is 27.7 Å². The number of carbonyl (C=O) groups is 3. The normalized spacial score (nSPS) is 10.7. The molecule has 0 saturated heterocycles. The maximum Gasteiger partial charge on any atom is 0.322 e. The Balaban J connectivity index is 2.78. The molecule has 0 radical (unpaired) electrons. The van der Waals surface area contributed by atoms with Crippen LogP contribution in [0.1, 0.15) is 45.7 Å². The van der Waals surface area contributed by atoms with Crippen LogP contribution in [0.3, 0.4) is 0 Å². The van der Waals surface area contributed by atoms with Gasteiger partial charge in [0.1, 0.15) is 17.7 Å². The van der Waals surface area contributed by atoms with Crippen LogP contribution in [-0.4, -0.2) is 50.8 Å². The van der Waals surface area contributed by atoms with Crippen LogP contribution in [0.2, 0.25) is 0 Å². The second kappa shape index (κ2) is 9.33. The lowest BCUT2D eigenvalue weighted by atomic mass is 10.1. The molecule has 0 fully saturated rings. The van der Waals surface area contributed by atoms with Gasteiger partial charge in [-0.1, -0.05) is 19.9 Å². The lowest BCUT2D eigenvalue weighted by Crippen LogP contribution is -2.37. The van der Waals surface area contributed by atoms with Crippen LogP contribution < -0.4 is 16.2 Å². The zero-order chi connectivity index (χ0) is 23.5. The predicted molar refractivity (Wildman–Crippen MR) is 112 cm³/mol. The summed E-state index contributed by atoms with van der Waals surface area (Å²) in [5, 5.41) is 34.6. The summed E-state index contributed by atoms with van der Waals surface area (Å²) in [6.07, 6.45) is 0. The minimum atomic E-state index is -1.36. The standard InChI is InChI=1S/C21H25N3O7/c1-10(2)8-22-18(28)15-17(27)16(19(29)23-9-14(25)26)21(31)24(20(15)30)13-6-5-11(3)12(4)7-13/h5-7,10,27,30H,8-9H2,1-4H3,(H,22,28)(H,23,29)(H,25,26). The Bertz CT molecular complexity index is 1100. The van der Waals surface area contributed by atoms with Crippen LogP contribution in [0.15, 0.2) is 23.0 Å². The van der Waals surface area contributed by atoms with E-state index in [0.717, 1.165) is 15.7 Å². The number of aliphatic carboxylic acids is 1. The number of nitrogens with one attached hydrogen (secondary N) is 2. The maximum atomic E-state index is 13.0. The van der Waals surface area contributed by atoms with Gasteiger partial charge >= 0.3 is 5.97 Å². The summed E-state index contributed by atoms with van der Waals surface area (Å²) >= 11 is 0. The van der Waals surface area contributed by atoms with Gasteiger partial charge in [0.25, 0.3) is 17.4 Å². The highest BCUT2D eigenvalue weighted by Gasteiger charge is 2.30. The number of aromatic hydroxyl groups is 2. The number of rotatable bonds is 7. The van der Waals surface area contributed by atoms with Gasteiger partial charge in [0.05, 0.1) is 5.69 Å². The molecule has 1 aromatic carbocycles. The Morgan fingerprint density at radius 2 is 1.61 bits per heavy atom. The highest BCUT2D eigenvalue weighted by Crippen LogP contribution is 2.30. The third-order valence-corrected chi connectivity index (χ3v) is 4.60. The quantitative estimate of drug-likeness (QED) is 0.438. The summed E-state index contributed by atoms with van der Waals surface area (Å²) in [6, 6.07) is 4.77. The molecule has 0 unspecified atom stereocenters. The van der Waals surface area contributed by atoms with E-state index in [1.165, 1.54) is 6.07 Å². The molecule has 166 valence electrons. The zero-order valence-electron chi connectivity index (χ0n) is 17.6. The van der Waals surface area contributed by atoms with Crippen LogP contribution in [0.5, 0.6) is 11.6 Å². The molecule has 0 spiro atoms. The molecule has 0 bridgehead atoms. The predicted octanol–water partition coefficient (Wildman–Crippen LogP) is 1.07. The number of carbonyl (C=O) groups excluding carboxylic acids is 2. The summed E-state index contributed by atoms with van der Waals surface area (Å²) in [4.78, 5) is 49.0. The highest BCUT2D eigenvalue weighted by atomic mass is 16.4. The largest absolute Gasteiger partial charge is 0.506 e. The first-order chi connectivity index (χ1) is 14.5. The number of amides is 2. The first-order valence-corrected chi connectivity index (χ1v) is 9.52. The summed E-state index contributed by atoms with van der Waals surface area (Å²) in [5.74, 6) is -5.28. The fraction of sp³-hybridized carbons (Fsp3) is 0.333. The molecular formula is C21H25N3O7. The molecule has 0 aliphatic rings. The van der Waals surface area contributed by atoms with Gasteiger partial charge in [-0.15, -0.1) is 0 Å². The summed E-state index contributed by atoms with van der Waals surface area (Å²) in [6.45, 7) is 6.69. The van der Waals surface area contributed by atoms with Crippen molar-refractivity contribution in [3.63, 3.8) is 0 Å². The minimum absolute atomic E-state index is 0.0530. The number of benzene rings is 1. The van der Waals surface area contributed by atoms with E-state index in [2.05, 4.69) is 5.32 Å². The molecule has 0 saturated carbocycles. The minimum Gasteiger partial charge on any atom is -0.506 e. The van der Waals surface area contributed by atoms with Crippen LogP contribution in [0.4, 0.5) is 0 Å². The van der Waals surface area contributed by atoms with Crippen molar-refractivity contribution in [1.82, 2.24) is 15.2 Å². The van der Waals surface area contributed by atoms with Gasteiger partial charge in [-0.25, -0.2) is 4.57 Å². The SMILES string of the molecule is Cc1ccc(-n2c(O)c(C(=O)NCC(C)C)c(O)c(C(=O)NCC(=O)O)c2=O)cc1C. The molecule has 0 aliphatic heterocycles. The van der Waals surface area contributed by atoms with Crippen LogP contribution in [0, 0.1) is 19.8 Å². The van der Waals surface area contributed by atoms with Gasteiger partial charge in [0.2, 0.25) is 5.88 Å². The van der Waals surface area contributed by atoms with Crippen molar-refractivity contribution < 1.29 is 29.7 Å². The third-order valence-electron chi connectivity index (χ3n) is 4.60. The Kier molecular flexibility index (Phi) is 7.06. The molecule has 0 atom stereocenters. The Morgan fingerprint density at radius 1 is 1.00 bits per heavy atom. The molecule has 1 aromatic heterocycles. The number of carboxylic acid groups (broad SMARTS) is 1. The van der Waals surface area contributed by atoms with Crippen molar-refractivity contribution in [2.24, 2.45) is 5.92 Å². The van der Waals surface area contributed by atoms with E-state index >= 15 is 0 Å². The van der Waals surface area contributed by atoms with E-state index in [1.807, 2.05) is 26.1 Å². The van der Waals surface area contributed by atoms with Crippen molar-refractivity contribution >= 4 is 17.8 Å². The van der Waals surface area contributed by atoms with E-state index in [9.17, 15) is 29.4 Å². The molecule has 0 aliphatic carbocycles. The third kappa shape index (κ3) is 5.03. The van der Waals surface area contributed by atoms with Crippen molar-refractivity contribution in [3.8, 4) is 17.3 Å². The first-order valence-electron chi connectivity index (χ1n) is 9.52. The summed E-state index contributed by atoms with van der Waals surface area (Å²) in [7, 11) is 0. The Labute approximate surface area is 178 Å². The van der Waals surface area contributed by atoms with E-state index in [-0.39, 0.29) is 18.2 Å². The molecule has 2 rings (SSSR count). The molecule has 10 heteroatoms. The van der Waals surface area contributed by atoms with Crippen LogP contribution >= 0.6 is 0 Å². The van der Waals surface area contributed by atoms with Crippen molar-refractivity contribution in [1.29, 1.82) is 0 Å². The number of hydrogen-bond acceptors (Lipinski definition) is 6. The molecule has 31 heavy (non-hydrogen) atoms. The van der Waals surface area contributed by atoms with Crippen molar-refractivity contribution in [2.75, 3.05) is 13.1 Å². The average molecular weight is 431 g/mol. The molecular weight excluding hydrogens is 406 g/mol. The number of pyridine rings is 1. The number of aryl methyl sites for hydroxylation is 2. The lowest BCUT2D eigenvalue weighted by molar-refractivity contribution is -0.135. The number of carboxylic acids is 1. The van der Waals surface area contributed by atoms with E-state index in [4.69, 9.17) is 5.11 Å². The van der Waals surface area contributed by atoms with Crippen LogP contribution in [-0.2, 0) is 4.79 Å². The molecule has 1 heterocycles. The summed E-state index contributed by atoms with van der Waals surface area (Å²) < 4.78 is 0.728. The Morgan fingerprint density at radius 3 is 2.16 bits per heavy atom. The van der Waals surface area contributed by atoms with E-state index < -0.39 is 52.6 Å². The van der Waals surface area contributed by atoms with Gasteiger partial charge < -0.3 is 26.0 Å². The second-order valence-electron chi connectivity index (χ2n) is 7.51. The number of hydrogen-bond donors (Lipinski definition) is 5. The first kappa shape index (κ1) is 23.5. The van der Waals surface area contributed by atoms with Gasteiger partial charge in [0, 0.05) is 6.54 Å². The average Bonchev–Trinajstić information content (AvgIpc) is 2.67. The van der Waals surface area contributed by atoms with Gasteiger partial charge in [-0.2, -0.15) is 0 Å². The number of aromatic nitrogens is 1. The molecule has 10 nitrogen and oxygen atoms in total. The molecule has 2 aromatic rings. The van der Waals surface area contributed by atoms with Crippen molar-refractivity contribution in [3.05, 3.63) is 50.8 Å². The Hall–Kier alpha value is -3.82. The lowest BCUT2D eigenvalue weighted by Gasteiger charge is -2.18. The zero-order valence-corrected chi connectivity index (χ0v) is 17.6. The fourth-order valence-electron chi connectivity index (χ4n) is 2.80.